The molecule has 123 valence electrons. The maximum atomic E-state index is 2.26. The summed E-state index contributed by atoms with van der Waals surface area (Å²) in [5.41, 5.74) is 4.44. The van der Waals surface area contributed by atoms with Crippen molar-refractivity contribution < 1.29 is 20.1 Å². The summed E-state index contributed by atoms with van der Waals surface area (Å²) in [6, 6.07) is 8.41. The van der Waals surface area contributed by atoms with E-state index < -0.39 is 0 Å². The zero-order chi connectivity index (χ0) is 15.3. The van der Waals surface area contributed by atoms with E-state index in [1.54, 1.807) is 0 Å². The van der Waals surface area contributed by atoms with Gasteiger partial charge in [0, 0.05) is 20.1 Å². The van der Waals surface area contributed by atoms with Crippen LogP contribution in [-0.2, 0) is 26.5 Å². The Labute approximate surface area is 150 Å². The second-order valence-corrected chi connectivity index (χ2v) is 5.57. The van der Waals surface area contributed by atoms with Gasteiger partial charge in [-0.2, -0.15) is 17.7 Å². The fourth-order valence-electron chi connectivity index (χ4n) is 2.09. The largest absolute Gasteiger partial charge is 0.213 e. The molecule has 1 aromatic rings. The predicted molar refractivity (Wildman–Crippen MR) is 95.7 cm³/mol. The Morgan fingerprint density at radius 1 is 0.818 bits per heavy atom. The van der Waals surface area contributed by atoms with Crippen molar-refractivity contribution in [2.24, 2.45) is 0 Å². The molecule has 2 aliphatic carbocycles. The van der Waals surface area contributed by atoms with Crippen molar-refractivity contribution in [2.75, 3.05) is 0 Å². The summed E-state index contributed by atoms with van der Waals surface area (Å²) >= 11 is 0. The molecule has 0 fully saturated rings. The second kappa shape index (κ2) is 13.6. The molecule has 22 heavy (non-hydrogen) atoms. The molecule has 1 heteroatoms. The topological polar surface area (TPSA) is 0 Å². The van der Waals surface area contributed by atoms with Crippen molar-refractivity contribution in [1.29, 1.82) is 0 Å². The molecule has 0 spiro atoms. The number of hydrogen-bond donors (Lipinski definition) is 0. The van der Waals surface area contributed by atoms with Gasteiger partial charge < -0.3 is 0 Å². The van der Waals surface area contributed by atoms with E-state index in [-0.39, 0.29) is 20.1 Å². The molecule has 1 aromatic carbocycles. The summed E-state index contributed by atoms with van der Waals surface area (Å²) in [5.74, 6) is 0. The van der Waals surface area contributed by atoms with Crippen molar-refractivity contribution >= 4 is 0 Å². The Balaban J connectivity index is 0.000000294. The van der Waals surface area contributed by atoms with Crippen LogP contribution in [0.2, 0.25) is 0 Å². The van der Waals surface area contributed by atoms with Crippen LogP contribution in [0.25, 0.3) is 0 Å². The van der Waals surface area contributed by atoms with Crippen LogP contribution in [0.1, 0.15) is 52.0 Å². The SMILES string of the molecule is CC1=CCC=CC1.CC1=CCC=CC1.CC[c-]1cccc1.[Ir]. The minimum atomic E-state index is 0. The summed E-state index contributed by atoms with van der Waals surface area (Å²) in [7, 11) is 0. The Morgan fingerprint density at radius 2 is 1.27 bits per heavy atom. The average Bonchev–Trinajstić information content (AvgIpc) is 3.04. The fraction of sp³-hybridized carbons (Fsp3) is 0.381. The van der Waals surface area contributed by atoms with E-state index in [1.165, 1.54) is 29.6 Å². The van der Waals surface area contributed by atoms with Crippen LogP contribution in [0.15, 0.2) is 71.9 Å². The molecule has 0 saturated carbocycles. The van der Waals surface area contributed by atoms with Crippen LogP contribution < -0.4 is 0 Å². The first-order valence-electron chi connectivity index (χ1n) is 8.04. The van der Waals surface area contributed by atoms with Gasteiger partial charge >= 0.3 is 0 Å². The van der Waals surface area contributed by atoms with E-state index in [4.69, 9.17) is 0 Å². The minimum Gasteiger partial charge on any atom is -0.213 e. The molecule has 0 heterocycles. The Hall–Kier alpha value is -1.04. The standard InChI is InChI=1S/2C7H10.C7H9.Ir/c2*1-7-5-3-2-4-6-7;1-2-7-5-3-4-6-7;/h2*2-3,6H,4-5H2,1H3;3-6H,2H2,1H3;/q;;-1;. The molecule has 0 saturated heterocycles. The van der Waals surface area contributed by atoms with Crippen molar-refractivity contribution in [3.8, 4) is 0 Å². The molecule has 3 rings (SSSR count). The average molecular weight is 474 g/mol. The number of rotatable bonds is 1. The van der Waals surface area contributed by atoms with E-state index >= 15 is 0 Å². The van der Waals surface area contributed by atoms with Gasteiger partial charge in [-0.25, -0.2) is 12.1 Å². The number of allylic oxidation sites excluding steroid dienone is 8. The third-order valence-corrected chi connectivity index (χ3v) is 3.56. The molecule has 0 amide bonds. The maximum absolute atomic E-state index is 2.26. The molecular formula is C21H29Ir-. The van der Waals surface area contributed by atoms with Crippen LogP contribution in [0.3, 0.4) is 0 Å². The first-order chi connectivity index (χ1) is 10.2. The smallest absolute Gasteiger partial charge is 0 e. The number of hydrogen-bond acceptors (Lipinski definition) is 0. The van der Waals surface area contributed by atoms with Crippen LogP contribution in [0.4, 0.5) is 0 Å². The first-order valence-corrected chi connectivity index (χ1v) is 8.04. The maximum Gasteiger partial charge on any atom is 0 e. The summed E-state index contributed by atoms with van der Waals surface area (Å²) in [5, 5.41) is 0. The predicted octanol–water partition coefficient (Wildman–Crippen LogP) is 6.53. The Kier molecular flexibility index (Phi) is 13.0. The second-order valence-electron chi connectivity index (χ2n) is 5.57. The van der Waals surface area contributed by atoms with Crippen LogP contribution >= 0.6 is 0 Å². The molecule has 0 aliphatic heterocycles. The van der Waals surface area contributed by atoms with Crippen molar-refractivity contribution in [3.05, 3.63) is 77.4 Å². The fourth-order valence-corrected chi connectivity index (χ4v) is 2.09. The Bertz CT molecular complexity index is 454. The van der Waals surface area contributed by atoms with Crippen LogP contribution in [0.5, 0.6) is 0 Å². The van der Waals surface area contributed by atoms with Gasteiger partial charge in [0.15, 0.2) is 0 Å². The third kappa shape index (κ3) is 10.7. The Morgan fingerprint density at radius 3 is 1.45 bits per heavy atom. The van der Waals surface area contributed by atoms with Gasteiger partial charge in [-0.3, -0.25) is 0 Å². The van der Waals surface area contributed by atoms with Crippen LogP contribution in [0, 0.1) is 0 Å². The molecule has 0 bridgehead atoms. The van der Waals surface area contributed by atoms with E-state index in [2.05, 4.69) is 81.5 Å². The zero-order valence-corrected chi connectivity index (χ0v) is 16.5. The monoisotopic (exact) mass is 474 g/mol. The third-order valence-electron chi connectivity index (χ3n) is 3.56. The molecule has 0 aromatic heterocycles. The number of aryl methyl sites for hydroxylation is 1. The summed E-state index contributed by atoms with van der Waals surface area (Å²) in [4.78, 5) is 0. The van der Waals surface area contributed by atoms with E-state index in [0.29, 0.717) is 0 Å². The molecule has 1 radical (unpaired) electrons. The molecular weight excluding hydrogens is 444 g/mol. The van der Waals surface area contributed by atoms with Gasteiger partial charge in [0.05, 0.1) is 0 Å². The van der Waals surface area contributed by atoms with Gasteiger partial charge in [-0.1, -0.05) is 60.9 Å². The van der Waals surface area contributed by atoms with Crippen molar-refractivity contribution in [2.45, 2.75) is 52.9 Å². The molecule has 0 N–H and O–H groups in total. The van der Waals surface area contributed by atoms with Gasteiger partial charge in [-0.15, -0.1) is 0 Å². The van der Waals surface area contributed by atoms with Crippen LogP contribution in [-0.4, -0.2) is 0 Å². The van der Waals surface area contributed by atoms with Gasteiger partial charge in [-0.05, 0) is 39.5 Å². The summed E-state index contributed by atoms with van der Waals surface area (Å²) < 4.78 is 0. The van der Waals surface area contributed by atoms with Gasteiger partial charge in [0.1, 0.15) is 0 Å². The zero-order valence-electron chi connectivity index (χ0n) is 14.1. The van der Waals surface area contributed by atoms with Crippen molar-refractivity contribution in [1.82, 2.24) is 0 Å². The van der Waals surface area contributed by atoms with Crippen molar-refractivity contribution in [3.63, 3.8) is 0 Å². The summed E-state index contributed by atoms with van der Waals surface area (Å²) in [6.45, 7) is 6.50. The van der Waals surface area contributed by atoms with Gasteiger partial charge in [0.25, 0.3) is 0 Å². The first kappa shape index (κ1) is 21.0. The van der Waals surface area contributed by atoms with E-state index in [0.717, 1.165) is 19.3 Å². The van der Waals surface area contributed by atoms with Gasteiger partial charge in [0.2, 0.25) is 0 Å². The molecule has 2 aliphatic rings. The normalized spacial score (nSPS) is 15.2. The van der Waals surface area contributed by atoms with E-state index in [1.807, 2.05) is 0 Å². The molecule has 0 atom stereocenters. The summed E-state index contributed by atoms with van der Waals surface area (Å²) in [6.07, 6.45) is 19.1. The molecule has 0 nitrogen and oxygen atoms in total. The quantitative estimate of drug-likeness (QED) is 0.321. The molecule has 0 unspecified atom stereocenters. The van der Waals surface area contributed by atoms with E-state index in [9.17, 15) is 0 Å². The minimum absolute atomic E-state index is 0.